The fourth-order valence-corrected chi connectivity index (χ4v) is 7.14. The van der Waals surface area contributed by atoms with Gasteiger partial charge < -0.3 is 15.2 Å². The molecule has 1 unspecified atom stereocenters. The molecule has 43 heavy (non-hydrogen) atoms. The van der Waals surface area contributed by atoms with Crippen LogP contribution in [0.5, 0.6) is 5.75 Å². The van der Waals surface area contributed by atoms with Crippen molar-refractivity contribution in [1.82, 2.24) is 5.32 Å². The highest BCUT2D eigenvalue weighted by Crippen LogP contribution is 2.34. The Morgan fingerprint density at radius 1 is 0.907 bits per heavy atom. The van der Waals surface area contributed by atoms with Crippen LogP contribution in [0.25, 0.3) is 0 Å². The molecule has 3 aromatic carbocycles. The van der Waals surface area contributed by atoms with Crippen LogP contribution in [0.4, 0.5) is 13.2 Å². The zero-order valence-corrected chi connectivity index (χ0v) is 24.2. The number of nitrogens with one attached hydrogen (secondary N) is 1. The summed E-state index contributed by atoms with van der Waals surface area (Å²) in [7, 11) is -4.18. The summed E-state index contributed by atoms with van der Waals surface area (Å²) in [5, 5.41) is 11.3. The maximum Gasteiger partial charge on any atom is 0.416 e. The largest absolute Gasteiger partial charge is 0.508 e. The molecule has 0 heterocycles. The van der Waals surface area contributed by atoms with Crippen molar-refractivity contribution in [2.75, 3.05) is 0 Å². The van der Waals surface area contributed by atoms with Gasteiger partial charge in [-0.2, -0.15) is 13.2 Å². The van der Waals surface area contributed by atoms with Gasteiger partial charge in [0.15, 0.2) is 9.84 Å². The van der Waals surface area contributed by atoms with Crippen LogP contribution in [0.1, 0.15) is 55.2 Å². The lowest BCUT2D eigenvalue weighted by Gasteiger charge is -2.27. The second kappa shape index (κ2) is 14.1. The predicted octanol–water partition coefficient (Wildman–Crippen LogP) is 5.99. The third-order valence-corrected chi connectivity index (χ3v) is 9.84. The molecule has 2 N–H and O–H groups in total. The number of sulfone groups is 1. The van der Waals surface area contributed by atoms with Crippen LogP contribution >= 0.6 is 0 Å². The van der Waals surface area contributed by atoms with Crippen molar-refractivity contribution in [3.8, 4) is 5.75 Å². The molecule has 0 spiro atoms. The number of ether oxygens (including phenoxy) is 1. The van der Waals surface area contributed by atoms with E-state index in [1.54, 1.807) is 36.4 Å². The number of hydrogen-bond donors (Lipinski definition) is 2. The summed E-state index contributed by atoms with van der Waals surface area (Å²) in [4.78, 5) is 26.3. The maximum absolute atomic E-state index is 13.6. The van der Waals surface area contributed by atoms with Crippen LogP contribution in [-0.4, -0.2) is 36.7 Å². The lowest BCUT2D eigenvalue weighted by Crippen LogP contribution is -2.46. The van der Waals surface area contributed by atoms with Crippen molar-refractivity contribution < 1.29 is 41.0 Å². The van der Waals surface area contributed by atoms with E-state index in [9.17, 15) is 36.3 Å². The fraction of sp³-hybridized carbons (Fsp3) is 0.375. The minimum absolute atomic E-state index is 0.0116. The first kappa shape index (κ1) is 32.1. The first-order valence-corrected chi connectivity index (χ1v) is 15.7. The predicted molar refractivity (Wildman–Crippen MR) is 154 cm³/mol. The molecule has 0 aliphatic heterocycles. The van der Waals surface area contributed by atoms with E-state index in [4.69, 9.17) is 4.74 Å². The number of phenolic OH excluding ortho intramolecular Hbond substituents is 1. The Bertz CT molecular complexity index is 1490. The summed E-state index contributed by atoms with van der Waals surface area (Å²) in [6, 6.07) is 17.8. The van der Waals surface area contributed by atoms with Gasteiger partial charge in [0.2, 0.25) is 5.91 Å². The summed E-state index contributed by atoms with van der Waals surface area (Å²) in [6.45, 7) is -0.0116. The highest BCUT2D eigenvalue weighted by atomic mass is 32.2. The number of rotatable bonds is 9. The van der Waals surface area contributed by atoms with Crippen LogP contribution in [0, 0.1) is 5.92 Å². The van der Waals surface area contributed by atoms with Gasteiger partial charge in [0.1, 0.15) is 18.4 Å². The molecule has 1 aliphatic carbocycles. The fourth-order valence-electron chi connectivity index (χ4n) is 5.23. The minimum atomic E-state index is -4.70. The Kier molecular flexibility index (Phi) is 10.5. The normalized spacial score (nSPS) is 18.6. The van der Waals surface area contributed by atoms with E-state index in [-0.39, 0.29) is 31.6 Å². The molecule has 0 saturated heterocycles. The third-order valence-electron chi connectivity index (χ3n) is 7.63. The molecule has 3 aromatic rings. The lowest BCUT2D eigenvalue weighted by atomic mass is 9.90. The van der Waals surface area contributed by atoms with Crippen LogP contribution in [-0.2, 0) is 43.4 Å². The van der Waals surface area contributed by atoms with Gasteiger partial charge >= 0.3 is 12.1 Å². The smallest absolute Gasteiger partial charge is 0.416 e. The number of phenols is 1. The second-order valence-electron chi connectivity index (χ2n) is 10.8. The van der Waals surface area contributed by atoms with Gasteiger partial charge in [-0.25, -0.2) is 13.2 Å². The molecule has 3 atom stereocenters. The molecule has 7 nitrogen and oxygen atoms in total. The number of benzene rings is 3. The number of aromatic hydroxyl groups is 1. The van der Waals surface area contributed by atoms with Gasteiger partial charge in [-0.05, 0) is 60.7 Å². The second-order valence-corrected chi connectivity index (χ2v) is 13.0. The van der Waals surface area contributed by atoms with Gasteiger partial charge in [-0.3, -0.25) is 4.79 Å². The SMILES string of the molecule is O=C(N[C@@H](Cc1ccc(O)cc1)C(=O)OCc1ccccc1)[C@@H]1CCCCCC(S(=O)(=O)c2cccc(C(F)(F)F)c2)C1. The highest BCUT2D eigenvalue weighted by Gasteiger charge is 2.37. The Morgan fingerprint density at radius 2 is 1.60 bits per heavy atom. The van der Waals surface area contributed by atoms with E-state index >= 15 is 0 Å². The van der Waals surface area contributed by atoms with Gasteiger partial charge in [0.05, 0.1) is 15.7 Å². The van der Waals surface area contributed by atoms with Gasteiger partial charge in [-0.15, -0.1) is 0 Å². The van der Waals surface area contributed by atoms with Gasteiger partial charge in [0.25, 0.3) is 0 Å². The average molecular weight is 618 g/mol. The van der Waals surface area contributed by atoms with Crippen molar-refractivity contribution >= 4 is 21.7 Å². The van der Waals surface area contributed by atoms with Crippen LogP contribution in [0.15, 0.2) is 83.8 Å². The molecule has 4 rings (SSSR count). The number of alkyl halides is 3. The van der Waals surface area contributed by atoms with E-state index in [2.05, 4.69) is 5.32 Å². The summed E-state index contributed by atoms with van der Waals surface area (Å²) < 4.78 is 72.5. The molecule has 11 heteroatoms. The van der Waals surface area contributed by atoms with Crippen LogP contribution in [0.2, 0.25) is 0 Å². The Balaban J connectivity index is 1.53. The average Bonchev–Trinajstić information content (AvgIpc) is 2.96. The number of halogens is 3. The molecule has 1 aliphatic rings. The first-order chi connectivity index (χ1) is 20.4. The highest BCUT2D eigenvalue weighted by molar-refractivity contribution is 7.92. The van der Waals surface area contributed by atoms with Crippen LogP contribution in [0.3, 0.4) is 0 Å². The van der Waals surface area contributed by atoms with Gasteiger partial charge in [-0.1, -0.05) is 67.8 Å². The van der Waals surface area contributed by atoms with Crippen molar-refractivity contribution in [1.29, 1.82) is 0 Å². The van der Waals surface area contributed by atoms with E-state index in [1.807, 2.05) is 6.07 Å². The standard InChI is InChI=1S/C32H34F3NO6S/c33-32(34,35)25-11-7-13-28(20-25)43(40,41)27-12-6-2-5-10-24(19-27)30(38)36-29(18-22-14-16-26(37)17-15-22)31(39)42-21-23-8-3-1-4-9-23/h1,3-4,7-9,11,13-17,20,24,27,29,37H,2,5-6,10,12,18-19,21H2,(H,36,38)/t24-,27?,29+/m1/s1. The zero-order valence-electron chi connectivity index (χ0n) is 23.4. The van der Waals surface area contributed by atoms with Crippen LogP contribution < -0.4 is 5.32 Å². The summed E-state index contributed by atoms with van der Waals surface area (Å²) >= 11 is 0. The number of carbonyl (C=O) groups is 2. The number of carbonyl (C=O) groups excluding carboxylic acids is 2. The number of amides is 1. The quantitative estimate of drug-likeness (QED) is 0.286. The maximum atomic E-state index is 13.6. The molecular weight excluding hydrogens is 583 g/mol. The van der Waals surface area contributed by atoms with Crippen molar-refractivity contribution in [3.63, 3.8) is 0 Å². The summed E-state index contributed by atoms with van der Waals surface area (Å²) in [5.41, 5.74) is 0.357. The molecular formula is C32H34F3NO6S. The molecule has 1 fully saturated rings. The van der Waals surface area contributed by atoms with E-state index in [1.165, 1.54) is 12.1 Å². The van der Waals surface area contributed by atoms with E-state index in [0.29, 0.717) is 37.3 Å². The molecule has 1 amide bonds. The zero-order chi connectivity index (χ0) is 31.0. The van der Waals surface area contributed by atoms with E-state index < -0.39 is 55.6 Å². The van der Waals surface area contributed by atoms with E-state index in [0.717, 1.165) is 23.8 Å². The monoisotopic (exact) mass is 617 g/mol. The van der Waals surface area contributed by atoms with Crippen molar-refractivity contribution in [2.45, 2.75) is 73.9 Å². The first-order valence-electron chi connectivity index (χ1n) is 14.1. The van der Waals surface area contributed by atoms with Crippen molar-refractivity contribution in [2.24, 2.45) is 5.92 Å². The number of hydrogen-bond acceptors (Lipinski definition) is 6. The molecule has 0 aromatic heterocycles. The Labute approximate surface area is 249 Å². The Morgan fingerprint density at radius 3 is 2.30 bits per heavy atom. The molecule has 0 radical (unpaired) electrons. The molecule has 230 valence electrons. The molecule has 0 bridgehead atoms. The minimum Gasteiger partial charge on any atom is -0.508 e. The van der Waals surface area contributed by atoms with Crippen molar-refractivity contribution in [3.05, 3.63) is 95.6 Å². The lowest BCUT2D eigenvalue weighted by molar-refractivity contribution is -0.149. The summed E-state index contributed by atoms with van der Waals surface area (Å²) in [6.07, 6.45) is -2.26. The Hall–Kier alpha value is -3.86. The third kappa shape index (κ3) is 8.82. The van der Waals surface area contributed by atoms with Gasteiger partial charge in [0, 0.05) is 12.3 Å². The molecule has 1 saturated carbocycles. The number of esters is 1. The topological polar surface area (TPSA) is 110 Å². The summed E-state index contributed by atoms with van der Waals surface area (Å²) in [5.74, 6) is -1.94.